The van der Waals surface area contributed by atoms with Gasteiger partial charge in [-0.2, -0.15) is 0 Å². The van der Waals surface area contributed by atoms with E-state index in [2.05, 4.69) is 5.32 Å². The van der Waals surface area contributed by atoms with Gasteiger partial charge in [0.25, 0.3) is 0 Å². The SMILES string of the molecule is CN(C=O)[C@@H]1CCCNC1. The Morgan fingerprint density at radius 1 is 1.70 bits per heavy atom. The Bertz CT molecular complexity index is 110. The van der Waals surface area contributed by atoms with Gasteiger partial charge >= 0.3 is 0 Å². The van der Waals surface area contributed by atoms with E-state index in [1.54, 1.807) is 4.90 Å². The number of carbonyl (C=O) groups excluding carboxylic acids is 1. The summed E-state index contributed by atoms with van der Waals surface area (Å²) in [6.45, 7) is 2.05. The molecular formula is C7H14N2O. The second-order valence-corrected chi connectivity index (χ2v) is 2.77. The van der Waals surface area contributed by atoms with Crippen LogP contribution in [0.15, 0.2) is 0 Å². The molecule has 1 atom stereocenters. The van der Waals surface area contributed by atoms with Crippen LogP contribution < -0.4 is 5.32 Å². The van der Waals surface area contributed by atoms with Crippen LogP contribution in [0.4, 0.5) is 0 Å². The Labute approximate surface area is 61.4 Å². The van der Waals surface area contributed by atoms with E-state index in [9.17, 15) is 4.79 Å². The van der Waals surface area contributed by atoms with Crippen LogP contribution in [-0.2, 0) is 4.79 Å². The number of hydrogen-bond donors (Lipinski definition) is 1. The van der Waals surface area contributed by atoms with Crippen molar-refractivity contribution in [3.63, 3.8) is 0 Å². The number of nitrogens with zero attached hydrogens (tertiary/aromatic N) is 1. The third kappa shape index (κ3) is 1.70. The first kappa shape index (κ1) is 7.54. The average molecular weight is 142 g/mol. The summed E-state index contributed by atoms with van der Waals surface area (Å²) in [7, 11) is 1.84. The van der Waals surface area contributed by atoms with Gasteiger partial charge in [-0.25, -0.2) is 0 Å². The van der Waals surface area contributed by atoms with Gasteiger partial charge < -0.3 is 10.2 Å². The third-order valence-corrected chi connectivity index (χ3v) is 2.01. The summed E-state index contributed by atoms with van der Waals surface area (Å²) in [6.07, 6.45) is 3.22. The number of rotatable bonds is 2. The molecule has 0 unspecified atom stereocenters. The lowest BCUT2D eigenvalue weighted by molar-refractivity contribution is -0.119. The van der Waals surface area contributed by atoms with Crippen molar-refractivity contribution in [2.24, 2.45) is 0 Å². The van der Waals surface area contributed by atoms with Crippen LogP contribution in [-0.4, -0.2) is 37.5 Å². The number of carbonyl (C=O) groups is 1. The van der Waals surface area contributed by atoms with Crippen molar-refractivity contribution >= 4 is 6.41 Å². The minimum absolute atomic E-state index is 0.422. The van der Waals surface area contributed by atoms with Gasteiger partial charge in [0.15, 0.2) is 0 Å². The highest BCUT2D eigenvalue weighted by Gasteiger charge is 2.15. The summed E-state index contributed by atoms with van der Waals surface area (Å²) < 4.78 is 0. The fraction of sp³-hybridized carbons (Fsp3) is 0.857. The molecule has 3 nitrogen and oxygen atoms in total. The zero-order valence-corrected chi connectivity index (χ0v) is 6.34. The van der Waals surface area contributed by atoms with Crippen molar-refractivity contribution in [3.05, 3.63) is 0 Å². The van der Waals surface area contributed by atoms with Crippen LogP contribution in [0.3, 0.4) is 0 Å². The first-order valence-electron chi connectivity index (χ1n) is 3.72. The maximum atomic E-state index is 10.3. The number of piperidine rings is 1. The molecule has 0 saturated carbocycles. The Morgan fingerprint density at radius 3 is 3.00 bits per heavy atom. The molecule has 0 aromatic rings. The van der Waals surface area contributed by atoms with E-state index in [4.69, 9.17) is 0 Å². The summed E-state index contributed by atoms with van der Waals surface area (Å²) in [6, 6.07) is 0.422. The van der Waals surface area contributed by atoms with Gasteiger partial charge in [-0.1, -0.05) is 0 Å². The minimum Gasteiger partial charge on any atom is -0.344 e. The molecule has 1 N–H and O–H groups in total. The van der Waals surface area contributed by atoms with Gasteiger partial charge in [0.1, 0.15) is 0 Å². The zero-order chi connectivity index (χ0) is 7.40. The molecule has 1 aliphatic heterocycles. The maximum Gasteiger partial charge on any atom is 0.209 e. The van der Waals surface area contributed by atoms with Crippen molar-refractivity contribution in [3.8, 4) is 0 Å². The Morgan fingerprint density at radius 2 is 2.50 bits per heavy atom. The van der Waals surface area contributed by atoms with E-state index in [1.807, 2.05) is 7.05 Å². The summed E-state index contributed by atoms with van der Waals surface area (Å²) in [4.78, 5) is 12.0. The molecular weight excluding hydrogens is 128 g/mol. The number of likely N-dealkylation sites (N-methyl/N-ethyl adjacent to an activating group) is 1. The smallest absolute Gasteiger partial charge is 0.209 e. The predicted octanol–water partition coefficient (Wildman–Crippen LogP) is -0.173. The molecule has 1 aliphatic rings. The van der Waals surface area contributed by atoms with E-state index in [-0.39, 0.29) is 0 Å². The van der Waals surface area contributed by atoms with Crippen LogP contribution in [0.25, 0.3) is 0 Å². The Hall–Kier alpha value is -0.570. The van der Waals surface area contributed by atoms with E-state index in [0.717, 1.165) is 25.9 Å². The lowest BCUT2D eigenvalue weighted by Gasteiger charge is -2.28. The van der Waals surface area contributed by atoms with Crippen LogP contribution in [0.1, 0.15) is 12.8 Å². The van der Waals surface area contributed by atoms with Gasteiger partial charge in [0, 0.05) is 19.6 Å². The summed E-state index contributed by atoms with van der Waals surface area (Å²) >= 11 is 0. The molecule has 1 saturated heterocycles. The van der Waals surface area contributed by atoms with E-state index in [0.29, 0.717) is 6.04 Å². The first-order chi connectivity index (χ1) is 4.84. The van der Waals surface area contributed by atoms with Crippen molar-refractivity contribution in [2.45, 2.75) is 18.9 Å². The zero-order valence-electron chi connectivity index (χ0n) is 6.34. The van der Waals surface area contributed by atoms with E-state index < -0.39 is 0 Å². The first-order valence-corrected chi connectivity index (χ1v) is 3.72. The van der Waals surface area contributed by atoms with Gasteiger partial charge in [0.2, 0.25) is 6.41 Å². The van der Waals surface area contributed by atoms with E-state index in [1.165, 1.54) is 6.42 Å². The normalized spacial score (nSPS) is 25.9. The lowest BCUT2D eigenvalue weighted by atomic mass is 10.1. The molecule has 0 aromatic carbocycles. The fourth-order valence-corrected chi connectivity index (χ4v) is 1.27. The van der Waals surface area contributed by atoms with Crippen LogP contribution in [0, 0.1) is 0 Å². The summed E-state index contributed by atoms with van der Waals surface area (Å²) in [5, 5.41) is 3.25. The highest BCUT2D eigenvalue weighted by Crippen LogP contribution is 2.05. The van der Waals surface area contributed by atoms with Crippen molar-refractivity contribution in [1.82, 2.24) is 10.2 Å². The van der Waals surface area contributed by atoms with Gasteiger partial charge in [-0.15, -0.1) is 0 Å². The molecule has 0 aliphatic carbocycles. The van der Waals surface area contributed by atoms with Gasteiger partial charge in [0.05, 0.1) is 0 Å². The predicted molar refractivity (Wildman–Crippen MR) is 39.7 cm³/mol. The molecule has 3 heteroatoms. The van der Waals surface area contributed by atoms with Crippen LogP contribution in [0.5, 0.6) is 0 Å². The second kappa shape index (κ2) is 3.56. The molecule has 0 radical (unpaired) electrons. The quantitative estimate of drug-likeness (QED) is 0.543. The van der Waals surface area contributed by atoms with Crippen LogP contribution in [0.2, 0.25) is 0 Å². The molecule has 10 heavy (non-hydrogen) atoms. The van der Waals surface area contributed by atoms with Crippen molar-refractivity contribution in [2.75, 3.05) is 20.1 Å². The molecule has 0 bridgehead atoms. The highest BCUT2D eigenvalue weighted by atomic mass is 16.1. The van der Waals surface area contributed by atoms with Crippen molar-refractivity contribution < 1.29 is 4.79 Å². The highest BCUT2D eigenvalue weighted by molar-refractivity contribution is 5.47. The largest absolute Gasteiger partial charge is 0.344 e. The number of amides is 1. The number of nitrogens with one attached hydrogen (secondary N) is 1. The van der Waals surface area contributed by atoms with E-state index >= 15 is 0 Å². The minimum atomic E-state index is 0.422. The van der Waals surface area contributed by atoms with Gasteiger partial charge in [-0.3, -0.25) is 4.79 Å². The van der Waals surface area contributed by atoms with Crippen LogP contribution >= 0.6 is 0 Å². The summed E-state index contributed by atoms with van der Waals surface area (Å²) in [5.74, 6) is 0. The molecule has 58 valence electrons. The number of hydrogen-bond acceptors (Lipinski definition) is 2. The molecule has 0 aromatic heterocycles. The molecule has 1 fully saturated rings. The fourth-order valence-electron chi connectivity index (χ4n) is 1.27. The van der Waals surface area contributed by atoms with Gasteiger partial charge in [-0.05, 0) is 19.4 Å². The molecule has 1 heterocycles. The Kier molecular flexibility index (Phi) is 2.68. The van der Waals surface area contributed by atoms with Crippen molar-refractivity contribution in [1.29, 1.82) is 0 Å². The third-order valence-electron chi connectivity index (χ3n) is 2.01. The summed E-state index contributed by atoms with van der Waals surface area (Å²) in [5.41, 5.74) is 0. The molecule has 0 spiro atoms. The maximum absolute atomic E-state index is 10.3. The monoisotopic (exact) mass is 142 g/mol. The molecule has 1 amide bonds. The second-order valence-electron chi connectivity index (χ2n) is 2.77. The topological polar surface area (TPSA) is 32.3 Å². The standard InChI is InChI=1S/C7H14N2O/c1-9(6-10)7-3-2-4-8-5-7/h6-8H,2-5H2,1H3/t7-/m1/s1. The lowest BCUT2D eigenvalue weighted by Crippen LogP contribution is -2.43. The Balaban J connectivity index is 2.30. The molecule has 1 rings (SSSR count). The average Bonchev–Trinajstić information content (AvgIpc) is 2.05.